The largest absolute Gasteiger partial charge is 0.416 e. The maximum atomic E-state index is 15.2. The van der Waals surface area contributed by atoms with Gasteiger partial charge in [-0.05, 0) is 49.1 Å². The number of anilines is 2. The first-order valence-corrected chi connectivity index (χ1v) is 9.92. The van der Waals surface area contributed by atoms with Crippen molar-refractivity contribution in [1.29, 1.82) is 0 Å². The van der Waals surface area contributed by atoms with Crippen LogP contribution in [0.1, 0.15) is 41.3 Å². The summed E-state index contributed by atoms with van der Waals surface area (Å²) in [5.74, 6) is -0.369. The first kappa shape index (κ1) is 21.0. The first-order valence-electron chi connectivity index (χ1n) is 9.92. The molecule has 4 rings (SSSR count). The molecule has 0 bridgehead atoms. The van der Waals surface area contributed by atoms with Crippen molar-refractivity contribution in [3.63, 3.8) is 0 Å². The Labute approximate surface area is 177 Å². The number of pyridine rings is 1. The standard InChI is InChI=1S/C22H21F4N5/c1-14-4-5-15(11-27-14)12-28-20-19(23)21(30-13-29-20)31-10-2-3-18(31)16-6-8-17(9-7-16)22(24,25)26/h4-9,11,13,18H,2-3,10,12H2,1H3,(H,28,29,30). The highest BCUT2D eigenvalue weighted by Gasteiger charge is 2.33. The van der Waals surface area contributed by atoms with Crippen LogP contribution >= 0.6 is 0 Å². The fourth-order valence-electron chi connectivity index (χ4n) is 3.73. The molecule has 0 amide bonds. The van der Waals surface area contributed by atoms with Crippen LogP contribution in [-0.4, -0.2) is 21.5 Å². The zero-order valence-corrected chi connectivity index (χ0v) is 16.8. The number of aryl methyl sites for hydroxylation is 1. The number of halogens is 4. The van der Waals surface area contributed by atoms with Gasteiger partial charge in [0.1, 0.15) is 6.33 Å². The molecule has 1 aliphatic rings. The number of rotatable bonds is 5. The normalized spacial score (nSPS) is 16.5. The summed E-state index contributed by atoms with van der Waals surface area (Å²) in [5.41, 5.74) is 1.77. The highest BCUT2D eigenvalue weighted by Crippen LogP contribution is 2.38. The Morgan fingerprint density at radius 2 is 1.84 bits per heavy atom. The van der Waals surface area contributed by atoms with Crippen molar-refractivity contribution in [3.8, 4) is 0 Å². The molecule has 1 saturated heterocycles. The smallest absolute Gasteiger partial charge is 0.363 e. The van der Waals surface area contributed by atoms with Crippen LogP contribution in [-0.2, 0) is 12.7 Å². The van der Waals surface area contributed by atoms with Crippen LogP contribution in [0.15, 0.2) is 48.9 Å². The second kappa shape index (κ2) is 8.49. The molecule has 0 radical (unpaired) electrons. The number of hydrogen-bond acceptors (Lipinski definition) is 5. The highest BCUT2D eigenvalue weighted by molar-refractivity contribution is 5.53. The number of benzene rings is 1. The van der Waals surface area contributed by atoms with Gasteiger partial charge in [-0.25, -0.2) is 9.97 Å². The number of nitrogens with zero attached hydrogens (tertiary/aromatic N) is 4. The Bertz CT molecular complexity index is 1040. The van der Waals surface area contributed by atoms with Crippen LogP contribution in [0.3, 0.4) is 0 Å². The van der Waals surface area contributed by atoms with E-state index in [0.29, 0.717) is 25.1 Å². The summed E-state index contributed by atoms with van der Waals surface area (Å²) in [6, 6.07) is 8.55. The van der Waals surface area contributed by atoms with Crippen molar-refractivity contribution in [2.45, 2.75) is 38.5 Å². The summed E-state index contributed by atoms with van der Waals surface area (Å²) in [6.07, 6.45) is 0.0967. The lowest BCUT2D eigenvalue weighted by atomic mass is 10.0. The van der Waals surface area contributed by atoms with E-state index in [-0.39, 0.29) is 17.7 Å². The van der Waals surface area contributed by atoms with Crippen LogP contribution in [0.5, 0.6) is 0 Å². The van der Waals surface area contributed by atoms with Gasteiger partial charge >= 0.3 is 6.18 Å². The minimum atomic E-state index is -4.39. The molecule has 1 fully saturated rings. The molecular weight excluding hydrogens is 410 g/mol. The topological polar surface area (TPSA) is 53.9 Å². The van der Waals surface area contributed by atoms with Gasteiger partial charge in [-0.1, -0.05) is 18.2 Å². The van der Waals surface area contributed by atoms with E-state index in [1.807, 2.05) is 19.1 Å². The van der Waals surface area contributed by atoms with E-state index in [4.69, 9.17) is 0 Å². The molecular formula is C22H21F4N5. The fraction of sp³-hybridized carbons (Fsp3) is 0.318. The molecule has 2 aromatic heterocycles. The molecule has 5 nitrogen and oxygen atoms in total. The van der Waals surface area contributed by atoms with Gasteiger partial charge in [0.15, 0.2) is 11.6 Å². The average Bonchev–Trinajstić information content (AvgIpc) is 3.23. The Morgan fingerprint density at radius 3 is 2.52 bits per heavy atom. The van der Waals surface area contributed by atoms with Crippen LogP contribution in [0, 0.1) is 12.7 Å². The summed E-state index contributed by atoms with van der Waals surface area (Å²) < 4.78 is 53.8. The van der Waals surface area contributed by atoms with E-state index in [2.05, 4.69) is 20.3 Å². The van der Waals surface area contributed by atoms with Crippen molar-refractivity contribution in [2.75, 3.05) is 16.8 Å². The van der Waals surface area contributed by atoms with Gasteiger partial charge in [0.2, 0.25) is 5.82 Å². The van der Waals surface area contributed by atoms with Crippen LogP contribution in [0.2, 0.25) is 0 Å². The van der Waals surface area contributed by atoms with Crippen molar-refractivity contribution in [3.05, 3.63) is 77.1 Å². The monoisotopic (exact) mass is 431 g/mol. The molecule has 9 heteroatoms. The van der Waals surface area contributed by atoms with Crippen LogP contribution in [0.25, 0.3) is 0 Å². The van der Waals surface area contributed by atoms with Crippen molar-refractivity contribution < 1.29 is 17.6 Å². The first-order chi connectivity index (χ1) is 14.8. The summed E-state index contributed by atoms with van der Waals surface area (Å²) in [7, 11) is 0. The number of hydrogen-bond donors (Lipinski definition) is 1. The molecule has 1 aliphatic heterocycles. The van der Waals surface area contributed by atoms with Gasteiger partial charge in [0, 0.05) is 25.0 Å². The Morgan fingerprint density at radius 1 is 1.06 bits per heavy atom. The molecule has 3 heterocycles. The van der Waals surface area contributed by atoms with E-state index < -0.39 is 17.6 Å². The van der Waals surface area contributed by atoms with E-state index in [9.17, 15) is 13.2 Å². The highest BCUT2D eigenvalue weighted by atomic mass is 19.4. The summed E-state index contributed by atoms with van der Waals surface area (Å²) in [5, 5.41) is 2.97. The van der Waals surface area contributed by atoms with Crippen molar-refractivity contribution in [2.24, 2.45) is 0 Å². The summed E-state index contributed by atoms with van der Waals surface area (Å²) in [6.45, 7) is 2.79. The van der Waals surface area contributed by atoms with E-state index >= 15 is 4.39 Å². The van der Waals surface area contributed by atoms with Gasteiger partial charge in [-0.15, -0.1) is 0 Å². The molecule has 1 unspecified atom stereocenters. The molecule has 31 heavy (non-hydrogen) atoms. The number of alkyl halides is 3. The van der Waals surface area contributed by atoms with E-state index in [0.717, 1.165) is 29.8 Å². The Kier molecular flexibility index (Phi) is 5.75. The number of nitrogens with one attached hydrogen (secondary N) is 1. The van der Waals surface area contributed by atoms with E-state index in [1.54, 1.807) is 11.1 Å². The van der Waals surface area contributed by atoms with Crippen LogP contribution < -0.4 is 10.2 Å². The third kappa shape index (κ3) is 4.60. The lowest BCUT2D eigenvalue weighted by Crippen LogP contribution is -2.25. The maximum absolute atomic E-state index is 15.2. The van der Waals surface area contributed by atoms with Gasteiger partial charge in [0.05, 0.1) is 11.6 Å². The quantitative estimate of drug-likeness (QED) is 0.556. The average molecular weight is 431 g/mol. The SMILES string of the molecule is Cc1ccc(CNc2ncnc(N3CCCC3c3ccc(C(F)(F)F)cc3)c2F)cn1. The molecule has 1 N–H and O–H groups in total. The molecule has 0 aliphatic carbocycles. The zero-order valence-electron chi connectivity index (χ0n) is 16.8. The lowest BCUT2D eigenvalue weighted by Gasteiger charge is -2.27. The Hall–Kier alpha value is -3.23. The molecule has 1 aromatic carbocycles. The minimum absolute atomic E-state index is 0.0728. The third-order valence-electron chi connectivity index (χ3n) is 5.35. The molecule has 0 spiro atoms. The van der Waals surface area contributed by atoms with Crippen LogP contribution in [0.4, 0.5) is 29.2 Å². The second-order valence-corrected chi connectivity index (χ2v) is 7.49. The predicted octanol–water partition coefficient (Wildman–Crippen LogP) is 5.29. The maximum Gasteiger partial charge on any atom is 0.416 e. The van der Waals surface area contributed by atoms with Gasteiger partial charge in [0.25, 0.3) is 0 Å². The van der Waals surface area contributed by atoms with Gasteiger partial charge < -0.3 is 10.2 Å². The number of aromatic nitrogens is 3. The Balaban J connectivity index is 1.54. The van der Waals surface area contributed by atoms with Crippen molar-refractivity contribution >= 4 is 11.6 Å². The third-order valence-corrected chi connectivity index (χ3v) is 5.35. The van der Waals surface area contributed by atoms with Crippen molar-refractivity contribution in [1.82, 2.24) is 15.0 Å². The fourth-order valence-corrected chi connectivity index (χ4v) is 3.73. The molecule has 0 saturated carbocycles. The minimum Gasteiger partial charge on any atom is -0.363 e. The molecule has 3 aromatic rings. The lowest BCUT2D eigenvalue weighted by molar-refractivity contribution is -0.137. The predicted molar refractivity (Wildman–Crippen MR) is 109 cm³/mol. The molecule has 1 atom stereocenters. The summed E-state index contributed by atoms with van der Waals surface area (Å²) >= 11 is 0. The summed E-state index contributed by atoms with van der Waals surface area (Å²) in [4.78, 5) is 14.1. The second-order valence-electron chi connectivity index (χ2n) is 7.49. The van der Waals surface area contributed by atoms with Gasteiger partial charge in [-0.2, -0.15) is 17.6 Å². The van der Waals surface area contributed by atoms with Gasteiger partial charge in [-0.3, -0.25) is 4.98 Å². The molecule has 162 valence electrons. The van der Waals surface area contributed by atoms with E-state index in [1.165, 1.54) is 18.5 Å². The zero-order chi connectivity index (χ0) is 22.0.